The Morgan fingerprint density at radius 2 is 0.855 bits per heavy atom. The fourth-order valence-corrected chi connectivity index (χ4v) is 11.0. The van der Waals surface area contributed by atoms with Gasteiger partial charge in [0.2, 0.25) is 0 Å². The Labute approximate surface area is 411 Å². The van der Waals surface area contributed by atoms with E-state index < -0.39 is 0 Å². The lowest BCUT2D eigenvalue weighted by atomic mass is 9.70. The lowest BCUT2D eigenvalue weighted by molar-refractivity contribution is 0.792. The molecule has 0 saturated carbocycles. The summed E-state index contributed by atoms with van der Waals surface area (Å²) in [5, 5.41) is 5.67. The van der Waals surface area contributed by atoms with Crippen molar-refractivity contribution < 1.29 is 0 Å². The van der Waals surface area contributed by atoms with Gasteiger partial charge in [0.25, 0.3) is 0 Å². The predicted octanol–water partition coefficient (Wildman–Crippen LogP) is 19.4. The number of benzene rings is 10. The molecule has 69 heavy (non-hydrogen) atoms. The topological polar surface area (TPSA) is 0 Å². The molecule has 0 fully saturated rings. The summed E-state index contributed by atoms with van der Waals surface area (Å²) in [5.74, 6) is 0. The summed E-state index contributed by atoms with van der Waals surface area (Å²) in [5.41, 5.74) is 23.0. The molecule has 10 aromatic carbocycles. The van der Waals surface area contributed by atoms with E-state index in [2.05, 4.69) is 259 Å². The van der Waals surface area contributed by atoms with Crippen LogP contribution >= 0.6 is 0 Å². The van der Waals surface area contributed by atoms with Crippen LogP contribution in [0.3, 0.4) is 0 Å². The van der Waals surface area contributed by atoms with Crippen LogP contribution in [0.2, 0.25) is 0 Å². The van der Waals surface area contributed by atoms with Gasteiger partial charge < -0.3 is 0 Å². The Kier molecular flexibility index (Phi) is 14.0. The maximum Gasteiger partial charge on any atom is 0.0725 e. The van der Waals surface area contributed by atoms with Gasteiger partial charge in [0, 0.05) is 0 Å². The second kappa shape index (κ2) is 20.8. The Morgan fingerprint density at radius 3 is 1.46 bits per heavy atom. The molecule has 3 aliphatic carbocycles. The van der Waals surface area contributed by atoms with Crippen LogP contribution in [0, 0.1) is 20.8 Å². The minimum Gasteiger partial charge on any atom is -0.0836 e. The van der Waals surface area contributed by atoms with E-state index in [9.17, 15) is 0 Å². The molecule has 3 aliphatic rings. The van der Waals surface area contributed by atoms with Crippen LogP contribution in [0.5, 0.6) is 0 Å². The zero-order valence-corrected chi connectivity index (χ0v) is 41.5. The predicted molar refractivity (Wildman–Crippen MR) is 300 cm³/mol. The zero-order valence-electron chi connectivity index (χ0n) is 41.5. The van der Waals surface area contributed by atoms with Crippen molar-refractivity contribution in [3.05, 3.63) is 268 Å². The molecule has 13 rings (SSSR count). The normalized spacial score (nSPS) is 12.6. The second-order valence-electron chi connectivity index (χ2n) is 18.3. The molecular weight excluding hydrogens is 829 g/mol. The van der Waals surface area contributed by atoms with E-state index in [4.69, 9.17) is 0 Å². The molecule has 0 amide bonds. The van der Waals surface area contributed by atoms with Crippen LogP contribution < -0.4 is 0 Å². The first-order valence-electron chi connectivity index (χ1n) is 25.1. The van der Waals surface area contributed by atoms with Gasteiger partial charge in [-0.3, -0.25) is 0 Å². The van der Waals surface area contributed by atoms with E-state index >= 15 is 0 Å². The minimum absolute atomic E-state index is 0.189. The van der Waals surface area contributed by atoms with E-state index in [1.165, 1.54) is 123 Å². The van der Waals surface area contributed by atoms with Gasteiger partial charge in [0.15, 0.2) is 0 Å². The van der Waals surface area contributed by atoms with E-state index in [0.29, 0.717) is 0 Å². The van der Waals surface area contributed by atoms with Crippen LogP contribution in [-0.2, 0) is 11.8 Å². The van der Waals surface area contributed by atoms with E-state index in [-0.39, 0.29) is 5.41 Å². The third-order valence-corrected chi connectivity index (χ3v) is 13.7. The van der Waals surface area contributed by atoms with Gasteiger partial charge in [-0.25, -0.2) is 0 Å². The van der Waals surface area contributed by atoms with Crippen molar-refractivity contribution in [2.75, 3.05) is 0 Å². The van der Waals surface area contributed by atoms with Gasteiger partial charge >= 0.3 is 0 Å². The van der Waals surface area contributed by atoms with Gasteiger partial charge in [0.05, 0.1) is 5.41 Å². The fraction of sp³-hybridized carbons (Fsp3) is 0.159. The lowest BCUT2D eigenvalue weighted by Gasteiger charge is -2.30. The summed E-state index contributed by atoms with van der Waals surface area (Å²) >= 11 is 0. The number of fused-ring (bicyclic) bond motifs is 16. The van der Waals surface area contributed by atoms with Gasteiger partial charge in [-0.2, -0.15) is 0 Å². The van der Waals surface area contributed by atoms with Gasteiger partial charge in [0.1, 0.15) is 0 Å². The van der Waals surface area contributed by atoms with Gasteiger partial charge in [-0.1, -0.05) is 270 Å². The highest BCUT2D eigenvalue weighted by Gasteiger charge is 2.51. The Balaban J connectivity index is 0.000000125. The summed E-state index contributed by atoms with van der Waals surface area (Å²) in [4.78, 5) is 0. The molecule has 0 aromatic heterocycles. The van der Waals surface area contributed by atoms with E-state index in [1.807, 2.05) is 13.8 Å². The van der Waals surface area contributed by atoms with E-state index in [1.54, 1.807) is 0 Å². The van der Waals surface area contributed by atoms with Crippen molar-refractivity contribution in [2.24, 2.45) is 0 Å². The largest absolute Gasteiger partial charge is 0.0836 e. The molecule has 0 atom stereocenters. The first kappa shape index (κ1) is 46.6. The first-order valence-corrected chi connectivity index (χ1v) is 25.1. The van der Waals surface area contributed by atoms with Crippen LogP contribution in [0.25, 0.3) is 72.1 Å². The van der Waals surface area contributed by atoms with Crippen molar-refractivity contribution in [1.82, 2.24) is 0 Å². The highest BCUT2D eigenvalue weighted by molar-refractivity contribution is 6.14. The third-order valence-electron chi connectivity index (χ3n) is 13.7. The number of allylic oxidation sites excluding steroid dienone is 1. The molecule has 0 unspecified atom stereocenters. The van der Waals surface area contributed by atoms with Crippen molar-refractivity contribution >= 4 is 27.6 Å². The average Bonchev–Trinajstić information content (AvgIpc) is 3.87. The second-order valence-corrected chi connectivity index (χ2v) is 18.3. The number of hydrogen-bond donors (Lipinski definition) is 0. The molecule has 0 radical (unpaired) electrons. The highest BCUT2D eigenvalue weighted by Crippen LogP contribution is 2.62. The number of rotatable bonds is 2. The molecule has 0 aliphatic heterocycles. The smallest absolute Gasteiger partial charge is 0.0725 e. The maximum atomic E-state index is 2.40. The Morgan fingerprint density at radius 1 is 0.391 bits per heavy atom. The van der Waals surface area contributed by atoms with Gasteiger partial charge in [-0.15, -0.1) is 0 Å². The third kappa shape index (κ3) is 8.55. The highest BCUT2D eigenvalue weighted by atomic mass is 14.5. The van der Waals surface area contributed by atoms with Gasteiger partial charge in [-0.05, 0) is 139 Å². The Bertz CT molecular complexity index is 3370. The van der Waals surface area contributed by atoms with Crippen LogP contribution in [-0.4, -0.2) is 0 Å². The van der Waals surface area contributed by atoms with Crippen molar-refractivity contribution in [1.29, 1.82) is 0 Å². The molecule has 0 heterocycles. The lowest BCUT2D eigenvalue weighted by Crippen LogP contribution is -2.25. The molecule has 10 aromatic rings. The summed E-state index contributed by atoms with van der Waals surface area (Å²) in [6.07, 6.45) is 8.19. The van der Waals surface area contributed by atoms with Crippen LogP contribution in [0.15, 0.2) is 218 Å². The molecule has 1 spiro atoms. The number of hydrogen-bond acceptors (Lipinski definition) is 0. The maximum absolute atomic E-state index is 2.40. The standard InChI is InChI=1S/C26H18.2C19H16.C3H8.C2H6/c1-17-14-15-21-20-10-4-7-13-24(20)26(25(21)16-17)22-11-5-2-8-18(22)19-9-3-6-12-23(19)26;1-13-7-6-12-18-16-9-3-2-8-14(16)15-10-4-5-11-17(15)19(13)18;1-15-8-7-11-17(14-15)19-13-6-5-12-18(19)16-9-3-2-4-10-16;1-3-2;1-2/h2-16H,1H3;3-7,9-12H,2,8H2,1H3;2-14H,1H3;3H2,1-2H3;1-2H3. The Hall–Kier alpha value is -7.54. The molecule has 0 saturated heterocycles. The molecular formula is C69H64. The van der Waals surface area contributed by atoms with Crippen molar-refractivity contribution in [2.45, 2.75) is 73.1 Å². The quantitative estimate of drug-likeness (QED) is 0.152. The summed E-state index contributed by atoms with van der Waals surface area (Å²) in [6, 6.07) is 77.1. The average molecular weight is 893 g/mol. The summed E-state index contributed by atoms with van der Waals surface area (Å²) < 4.78 is 0. The SMILES string of the molecule is CC.CCC.Cc1ccc2c(c1)C1(c3ccccc3-c3ccccc31)c1ccccc1-2.Cc1cccc(-c2ccccc2-c2ccccc2)c1.Cc1cccc2c3c(c4ccccc4c12)CCC=C3. The van der Waals surface area contributed by atoms with E-state index in [0.717, 1.165) is 12.8 Å². The molecule has 0 N–H and O–H groups in total. The molecule has 340 valence electrons. The van der Waals surface area contributed by atoms with Crippen LogP contribution in [0.1, 0.15) is 90.6 Å². The number of aryl methyl sites for hydroxylation is 4. The molecule has 0 nitrogen and oxygen atoms in total. The first-order chi connectivity index (χ1) is 33.9. The minimum atomic E-state index is -0.189. The molecule has 0 bridgehead atoms. The summed E-state index contributed by atoms with van der Waals surface area (Å²) in [6.45, 7) is 14.8. The van der Waals surface area contributed by atoms with Crippen molar-refractivity contribution in [3.63, 3.8) is 0 Å². The molecule has 0 heteroatoms. The fourth-order valence-electron chi connectivity index (χ4n) is 11.0. The van der Waals surface area contributed by atoms with Crippen molar-refractivity contribution in [3.8, 4) is 44.5 Å². The monoisotopic (exact) mass is 893 g/mol. The summed E-state index contributed by atoms with van der Waals surface area (Å²) in [7, 11) is 0. The zero-order chi connectivity index (χ0) is 47.9. The van der Waals surface area contributed by atoms with Crippen LogP contribution in [0.4, 0.5) is 0 Å².